The van der Waals surface area contributed by atoms with Gasteiger partial charge in [-0.3, -0.25) is 9.69 Å². The Bertz CT molecular complexity index is 1190. The summed E-state index contributed by atoms with van der Waals surface area (Å²) in [5.74, 6) is -1.38. The Labute approximate surface area is 187 Å². The summed E-state index contributed by atoms with van der Waals surface area (Å²) >= 11 is 6.32. The molecule has 4 rings (SSSR count). The van der Waals surface area contributed by atoms with Crippen LogP contribution in [0.5, 0.6) is 0 Å². The number of halogens is 1. The maximum absolute atomic E-state index is 14.0. The van der Waals surface area contributed by atoms with Gasteiger partial charge in [0, 0.05) is 12.5 Å². The average molecular weight is 454 g/mol. The number of carbonyl (C=O) groups excluding carboxylic acids is 1. The van der Waals surface area contributed by atoms with Crippen LogP contribution in [0.3, 0.4) is 0 Å². The molecule has 0 radical (unpaired) electrons. The molecule has 1 saturated heterocycles. The van der Waals surface area contributed by atoms with Gasteiger partial charge in [0.25, 0.3) is 5.91 Å². The molecule has 156 valence electrons. The number of thioether (sulfide) groups is 1. The number of benzene rings is 2. The lowest BCUT2D eigenvalue weighted by molar-refractivity contribution is -0.145. The number of carboxylic acid groups (broad SMARTS) is 1. The Morgan fingerprint density at radius 1 is 1.13 bits per heavy atom. The summed E-state index contributed by atoms with van der Waals surface area (Å²) in [7, 11) is 0. The van der Waals surface area contributed by atoms with E-state index < -0.39 is 23.7 Å². The van der Waals surface area contributed by atoms with Crippen molar-refractivity contribution in [2.24, 2.45) is 0 Å². The zero-order chi connectivity index (χ0) is 22.0. The van der Waals surface area contributed by atoms with Gasteiger partial charge in [-0.15, -0.1) is 0 Å². The van der Waals surface area contributed by atoms with Crippen LogP contribution in [0, 0.1) is 5.82 Å². The molecule has 2 heterocycles. The third-order valence-electron chi connectivity index (χ3n) is 4.73. The molecule has 1 N–H and O–H groups in total. The van der Waals surface area contributed by atoms with Crippen molar-refractivity contribution in [1.29, 1.82) is 0 Å². The molecule has 8 heteroatoms. The third-order valence-corrected chi connectivity index (χ3v) is 6.06. The number of rotatable bonds is 6. The van der Waals surface area contributed by atoms with Crippen molar-refractivity contribution in [3.05, 3.63) is 88.8 Å². The van der Waals surface area contributed by atoms with Crippen LogP contribution >= 0.6 is 24.0 Å². The smallest absolute Gasteiger partial charge is 0.327 e. The van der Waals surface area contributed by atoms with Crippen molar-refractivity contribution in [3.8, 4) is 11.3 Å². The number of hydrogen-bond acceptors (Lipinski definition) is 5. The molecule has 2 aromatic carbocycles. The SMILES string of the molecule is O=C(O)C(Cc1ccccc1)N1C(=O)C(=Cc2ccc(-c3ccccc3F)o2)SC1=S. The Morgan fingerprint density at radius 2 is 1.84 bits per heavy atom. The van der Waals surface area contributed by atoms with Crippen LogP contribution in [0.15, 0.2) is 76.1 Å². The number of carbonyl (C=O) groups is 2. The van der Waals surface area contributed by atoms with Crippen LogP contribution in [-0.2, 0) is 16.0 Å². The third kappa shape index (κ3) is 4.45. The van der Waals surface area contributed by atoms with Gasteiger partial charge in [0.1, 0.15) is 27.7 Å². The van der Waals surface area contributed by atoms with E-state index in [0.717, 1.165) is 22.2 Å². The molecule has 0 bridgehead atoms. The minimum absolute atomic E-state index is 0.133. The maximum Gasteiger partial charge on any atom is 0.327 e. The van der Waals surface area contributed by atoms with E-state index in [1.54, 1.807) is 42.5 Å². The highest BCUT2D eigenvalue weighted by atomic mass is 32.2. The van der Waals surface area contributed by atoms with E-state index in [1.165, 1.54) is 12.1 Å². The van der Waals surface area contributed by atoms with E-state index in [0.29, 0.717) is 17.1 Å². The molecule has 1 atom stereocenters. The highest BCUT2D eigenvalue weighted by Crippen LogP contribution is 2.35. The van der Waals surface area contributed by atoms with Gasteiger partial charge in [-0.25, -0.2) is 9.18 Å². The fourth-order valence-corrected chi connectivity index (χ4v) is 4.58. The summed E-state index contributed by atoms with van der Waals surface area (Å²) in [5.41, 5.74) is 1.09. The van der Waals surface area contributed by atoms with Gasteiger partial charge >= 0.3 is 5.97 Å². The van der Waals surface area contributed by atoms with Gasteiger partial charge in [0.15, 0.2) is 0 Å². The number of carboxylic acids is 1. The van der Waals surface area contributed by atoms with Crippen LogP contribution < -0.4 is 0 Å². The maximum atomic E-state index is 14.0. The monoisotopic (exact) mass is 453 g/mol. The van der Waals surface area contributed by atoms with E-state index in [-0.39, 0.29) is 15.6 Å². The van der Waals surface area contributed by atoms with Gasteiger partial charge in [0.05, 0.1) is 10.5 Å². The van der Waals surface area contributed by atoms with Crippen molar-refractivity contribution >= 4 is 46.3 Å². The van der Waals surface area contributed by atoms with Crippen molar-refractivity contribution in [2.75, 3.05) is 0 Å². The standard InChI is InChI=1S/C23H16FNO4S2/c24-17-9-5-4-8-16(17)19-11-10-15(29-19)13-20-21(26)25(23(30)31-20)18(22(27)28)12-14-6-2-1-3-7-14/h1-11,13,18H,12H2,(H,27,28). The molecule has 1 unspecified atom stereocenters. The number of aliphatic carboxylic acids is 1. The van der Waals surface area contributed by atoms with Crippen LogP contribution in [0.2, 0.25) is 0 Å². The number of amides is 1. The number of thiocarbonyl (C=S) groups is 1. The first kappa shape index (κ1) is 21.0. The quantitative estimate of drug-likeness (QED) is 0.419. The second-order valence-electron chi connectivity index (χ2n) is 6.78. The molecule has 1 amide bonds. The van der Waals surface area contributed by atoms with E-state index >= 15 is 0 Å². The van der Waals surface area contributed by atoms with Gasteiger partial charge in [-0.2, -0.15) is 0 Å². The first-order valence-electron chi connectivity index (χ1n) is 9.32. The van der Waals surface area contributed by atoms with Crippen LogP contribution in [0.4, 0.5) is 4.39 Å². The molecule has 1 aromatic heterocycles. The Kier molecular flexibility index (Phi) is 6.01. The second-order valence-corrected chi connectivity index (χ2v) is 8.45. The molecular weight excluding hydrogens is 437 g/mol. The zero-order valence-electron chi connectivity index (χ0n) is 16.0. The predicted molar refractivity (Wildman–Crippen MR) is 121 cm³/mol. The van der Waals surface area contributed by atoms with Gasteiger partial charge in [0.2, 0.25) is 0 Å². The molecular formula is C23H16FNO4S2. The first-order valence-corrected chi connectivity index (χ1v) is 10.5. The van der Waals surface area contributed by atoms with Crippen molar-refractivity contribution in [1.82, 2.24) is 4.90 Å². The van der Waals surface area contributed by atoms with Gasteiger partial charge in [-0.1, -0.05) is 66.4 Å². The molecule has 0 aliphatic carbocycles. The van der Waals surface area contributed by atoms with Crippen LogP contribution in [0.1, 0.15) is 11.3 Å². The molecule has 31 heavy (non-hydrogen) atoms. The van der Waals surface area contributed by atoms with Crippen molar-refractivity contribution in [2.45, 2.75) is 12.5 Å². The predicted octanol–water partition coefficient (Wildman–Crippen LogP) is 4.98. The first-order chi connectivity index (χ1) is 14.9. The minimum Gasteiger partial charge on any atom is -0.480 e. The van der Waals surface area contributed by atoms with E-state index in [4.69, 9.17) is 16.6 Å². The Morgan fingerprint density at radius 3 is 2.55 bits per heavy atom. The molecule has 1 aliphatic rings. The fraction of sp³-hybridized carbons (Fsp3) is 0.0870. The lowest BCUT2D eigenvalue weighted by Gasteiger charge is -2.23. The topological polar surface area (TPSA) is 70.8 Å². The van der Waals surface area contributed by atoms with Crippen molar-refractivity contribution in [3.63, 3.8) is 0 Å². The van der Waals surface area contributed by atoms with E-state index in [2.05, 4.69) is 0 Å². The summed E-state index contributed by atoms with van der Waals surface area (Å²) < 4.78 is 19.8. The molecule has 5 nitrogen and oxygen atoms in total. The average Bonchev–Trinajstić information content (AvgIpc) is 3.32. The minimum atomic E-state index is -1.14. The normalized spacial score (nSPS) is 16.2. The molecule has 1 fully saturated rings. The zero-order valence-corrected chi connectivity index (χ0v) is 17.7. The number of hydrogen-bond donors (Lipinski definition) is 1. The molecule has 1 aliphatic heterocycles. The number of nitrogens with zero attached hydrogens (tertiary/aromatic N) is 1. The number of furan rings is 1. The van der Waals surface area contributed by atoms with Crippen LogP contribution in [0.25, 0.3) is 17.4 Å². The highest BCUT2D eigenvalue weighted by molar-refractivity contribution is 8.26. The lowest BCUT2D eigenvalue weighted by atomic mass is 10.0. The van der Waals surface area contributed by atoms with E-state index in [1.807, 2.05) is 18.2 Å². The fourth-order valence-electron chi connectivity index (χ4n) is 3.24. The van der Waals surface area contributed by atoms with Gasteiger partial charge < -0.3 is 9.52 Å². The van der Waals surface area contributed by atoms with Gasteiger partial charge in [-0.05, 0) is 29.8 Å². The largest absolute Gasteiger partial charge is 0.480 e. The molecule has 0 saturated carbocycles. The second kappa shape index (κ2) is 8.87. The Balaban J connectivity index is 1.58. The summed E-state index contributed by atoms with van der Waals surface area (Å²) in [6, 6.07) is 17.4. The Hall–Kier alpha value is -3.23. The summed E-state index contributed by atoms with van der Waals surface area (Å²) in [6.45, 7) is 0. The lowest BCUT2D eigenvalue weighted by Crippen LogP contribution is -2.45. The molecule has 0 spiro atoms. The highest BCUT2D eigenvalue weighted by Gasteiger charge is 2.40. The van der Waals surface area contributed by atoms with E-state index in [9.17, 15) is 19.1 Å². The van der Waals surface area contributed by atoms with Crippen LogP contribution in [-0.4, -0.2) is 32.2 Å². The summed E-state index contributed by atoms with van der Waals surface area (Å²) in [4.78, 5) is 26.3. The summed E-state index contributed by atoms with van der Waals surface area (Å²) in [5, 5.41) is 9.73. The van der Waals surface area contributed by atoms with Crippen molar-refractivity contribution < 1.29 is 23.5 Å². The molecule has 3 aromatic rings. The summed E-state index contributed by atoms with van der Waals surface area (Å²) in [6.07, 6.45) is 1.62.